The Balaban J connectivity index is 1.29. The predicted molar refractivity (Wildman–Crippen MR) is 102 cm³/mol. The van der Waals surface area contributed by atoms with Gasteiger partial charge in [-0.05, 0) is 24.8 Å². The molecule has 4 rings (SSSR count). The first-order chi connectivity index (χ1) is 12.7. The van der Waals surface area contributed by atoms with E-state index in [9.17, 15) is 4.79 Å². The minimum absolute atomic E-state index is 0.243. The van der Waals surface area contributed by atoms with Crippen molar-refractivity contribution in [2.75, 3.05) is 25.0 Å². The Morgan fingerprint density at radius 3 is 2.77 bits per heavy atom. The van der Waals surface area contributed by atoms with Crippen molar-refractivity contribution in [2.24, 2.45) is 5.92 Å². The minimum atomic E-state index is 0.243. The third-order valence-electron chi connectivity index (χ3n) is 5.03. The molecule has 2 aromatic rings. The molecule has 1 aliphatic heterocycles. The first-order valence-electron chi connectivity index (χ1n) is 9.27. The van der Waals surface area contributed by atoms with Crippen LogP contribution in [-0.2, 0) is 11.2 Å². The van der Waals surface area contributed by atoms with Crippen molar-refractivity contribution in [3.63, 3.8) is 0 Å². The number of rotatable bonds is 7. The summed E-state index contributed by atoms with van der Waals surface area (Å²) in [5.74, 6) is 2.62. The van der Waals surface area contributed by atoms with Gasteiger partial charge in [0.1, 0.15) is 16.8 Å². The summed E-state index contributed by atoms with van der Waals surface area (Å²) in [7, 11) is 0. The van der Waals surface area contributed by atoms with E-state index in [1.807, 2.05) is 23.1 Å². The molecule has 1 aromatic carbocycles. The quantitative estimate of drug-likeness (QED) is 0.758. The van der Waals surface area contributed by atoms with Gasteiger partial charge in [0.05, 0.1) is 0 Å². The van der Waals surface area contributed by atoms with Crippen molar-refractivity contribution in [3.05, 3.63) is 52.9 Å². The standard InChI is InChI=1S/C20H23ClN4O/c21-17-11-18(24-20(23-17)16-6-7-16)22-12-15-10-19(26)25(13-15)9-8-14-4-2-1-3-5-14/h1-5,11,15-16H,6-10,12-13H2,(H,22,23,24). The van der Waals surface area contributed by atoms with Gasteiger partial charge in [0.15, 0.2) is 0 Å². The zero-order valence-corrected chi connectivity index (χ0v) is 15.5. The lowest BCUT2D eigenvalue weighted by Gasteiger charge is -2.17. The summed E-state index contributed by atoms with van der Waals surface area (Å²) in [5, 5.41) is 3.83. The first-order valence-corrected chi connectivity index (χ1v) is 9.65. The molecule has 0 bridgehead atoms. The van der Waals surface area contributed by atoms with Crippen LogP contribution in [0.15, 0.2) is 36.4 Å². The Hall–Kier alpha value is -2.14. The van der Waals surface area contributed by atoms with Crippen LogP contribution < -0.4 is 5.32 Å². The summed E-state index contributed by atoms with van der Waals surface area (Å²) in [4.78, 5) is 23.1. The highest BCUT2D eigenvalue weighted by Gasteiger charge is 2.30. The van der Waals surface area contributed by atoms with E-state index in [4.69, 9.17) is 11.6 Å². The van der Waals surface area contributed by atoms with Crippen molar-refractivity contribution in [2.45, 2.75) is 31.6 Å². The number of benzene rings is 1. The van der Waals surface area contributed by atoms with Crippen LogP contribution in [0.3, 0.4) is 0 Å². The zero-order valence-electron chi connectivity index (χ0n) is 14.7. The molecule has 136 valence electrons. The van der Waals surface area contributed by atoms with E-state index in [2.05, 4.69) is 27.4 Å². The van der Waals surface area contributed by atoms with E-state index >= 15 is 0 Å². The number of hydrogen-bond acceptors (Lipinski definition) is 4. The molecule has 0 radical (unpaired) electrons. The molecule has 1 N–H and O–H groups in total. The molecule has 26 heavy (non-hydrogen) atoms. The van der Waals surface area contributed by atoms with Gasteiger partial charge in [-0.3, -0.25) is 4.79 Å². The van der Waals surface area contributed by atoms with Gasteiger partial charge in [-0.1, -0.05) is 41.9 Å². The second-order valence-corrected chi connectivity index (χ2v) is 7.62. The first kappa shape index (κ1) is 17.3. The summed E-state index contributed by atoms with van der Waals surface area (Å²) in [6.45, 7) is 2.31. The maximum Gasteiger partial charge on any atom is 0.223 e. The lowest BCUT2D eigenvalue weighted by Crippen LogP contribution is -2.28. The molecule has 1 amide bonds. The molecule has 1 aromatic heterocycles. The van der Waals surface area contributed by atoms with Crippen LogP contribution in [-0.4, -0.2) is 40.4 Å². The summed E-state index contributed by atoms with van der Waals surface area (Å²) in [6.07, 6.45) is 3.79. The number of nitrogens with zero attached hydrogens (tertiary/aromatic N) is 3. The highest BCUT2D eigenvalue weighted by molar-refractivity contribution is 6.29. The van der Waals surface area contributed by atoms with Crippen LogP contribution in [0.1, 0.15) is 36.6 Å². The van der Waals surface area contributed by atoms with Gasteiger partial charge in [0.2, 0.25) is 5.91 Å². The number of likely N-dealkylation sites (tertiary alicyclic amines) is 1. The van der Waals surface area contributed by atoms with Gasteiger partial charge in [-0.15, -0.1) is 0 Å². The van der Waals surface area contributed by atoms with Crippen molar-refractivity contribution < 1.29 is 4.79 Å². The molecule has 1 atom stereocenters. The third kappa shape index (κ3) is 4.33. The monoisotopic (exact) mass is 370 g/mol. The van der Waals surface area contributed by atoms with E-state index in [0.29, 0.717) is 23.4 Å². The van der Waals surface area contributed by atoms with Gasteiger partial charge in [-0.25, -0.2) is 9.97 Å². The zero-order chi connectivity index (χ0) is 17.9. The van der Waals surface area contributed by atoms with E-state index < -0.39 is 0 Å². The lowest BCUT2D eigenvalue weighted by atomic mass is 10.1. The SMILES string of the molecule is O=C1CC(CNc2cc(Cl)nc(C3CC3)n2)CN1CCc1ccccc1. The number of carbonyl (C=O) groups excluding carboxylic acids is 1. The average molecular weight is 371 g/mol. The van der Waals surface area contributed by atoms with E-state index in [-0.39, 0.29) is 5.91 Å². The highest BCUT2D eigenvalue weighted by atomic mass is 35.5. The Kier molecular flexibility index (Phi) is 5.07. The Bertz CT molecular complexity index is 779. The normalized spacial score (nSPS) is 19.8. The summed E-state index contributed by atoms with van der Waals surface area (Å²) in [6, 6.07) is 12.1. The van der Waals surface area contributed by atoms with E-state index in [0.717, 1.165) is 50.5 Å². The van der Waals surface area contributed by atoms with Crippen LogP contribution in [0.5, 0.6) is 0 Å². The fourth-order valence-corrected chi connectivity index (χ4v) is 3.60. The Labute approximate surface area is 158 Å². The second kappa shape index (κ2) is 7.62. The molecule has 2 heterocycles. The minimum Gasteiger partial charge on any atom is -0.370 e. The van der Waals surface area contributed by atoms with Crippen LogP contribution in [0.2, 0.25) is 5.15 Å². The molecule has 1 saturated heterocycles. The van der Waals surface area contributed by atoms with Gasteiger partial charge in [0, 0.05) is 44.0 Å². The number of carbonyl (C=O) groups is 1. The van der Waals surface area contributed by atoms with Crippen LogP contribution >= 0.6 is 11.6 Å². The highest BCUT2D eigenvalue weighted by Crippen LogP contribution is 2.38. The molecule has 1 saturated carbocycles. The maximum atomic E-state index is 12.3. The Morgan fingerprint density at radius 2 is 2.00 bits per heavy atom. The predicted octanol–water partition coefficient (Wildman–Crippen LogP) is 3.51. The van der Waals surface area contributed by atoms with Crippen LogP contribution in [0, 0.1) is 5.92 Å². The van der Waals surface area contributed by atoms with Crippen LogP contribution in [0.4, 0.5) is 5.82 Å². The molecule has 5 nitrogen and oxygen atoms in total. The second-order valence-electron chi connectivity index (χ2n) is 7.23. The average Bonchev–Trinajstić information content (AvgIpc) is 3.43. The number of anilines is 1. The van der Waals surface area contributed by atoms with Crippen molar-refractivity contribution in [1.82, 2.24) is 14.9 Å². The summed E-state index contributed by atoms with van der Waals surface area (Å²) in [5.41, 5.74) is 1.27. The fraction of sp³-hybridized carbons (Fsp3) is 0.450. The summed E-state index contributed by atoms with van der Waals surface area (Å²) < 4.78 is 0. The number of hydrogen-bond donors (Lipinski definition) is 1. The molecule has 6 heteroatoms. The molecule has 2 fully saturated rings. The van der Waals surface area contributed by atoms with Crippen LogP contribution in [0.25, 0.3) is 0 Å². The molecular formula is C20H23ClN4O. The van der Waals surface area contributed by atoms with E-state index in [1.165, 1.54) is 5.56 Å². The smallest absolute Gasteiger partial charge is 0.223 e. The summed E-state index contributed by atoms with van der Waals surface area (Å²) >= 11 is 6.11. The van der Waals surface area contributed by atoms with Crippen molar-refractivity contribution in [3.8, 4) is 0 Å². The molecular weight excluding hydrogens is 348 g/mol. The van der Waals surface area contributed by atoms with Crippen molar-refractivity contribution >= 4 is 23.3 Å². The van der Waals surface area contributed by atoms with Gasteiger partial charge in [-0.2, -0.15) is 0 Å². The number of halogens is 1. The molecule has 1 unspecified atom stereocenters. The van der Waals surface area contributed by atoms with Gasteiger partial charge >= 0.3 is 0 Å². The Morgan fingerprint density at radius 1 is 1.19 bits per heavy atom. The topological polar surface area (TPSA) is 58.1 Å². The molecule has 2 aliphatic rings. The lowest BCUT2D eigenvalue weighted by molar-refractivity contribution is -0.127. The van der Waals surface area contributed by atoms with Gasteiger partial charge in [0.25, 0.3) is 0 Å². The number of aromatic nitrogens is 2. The number of nitrogens with one attached hydrogen (secondary N) is 1. The largest absolute Gasteiger partial charge is 0.370 e. The van der Waals surface area contributed by atoms with E-state index in [1.54, 1.807) is 6.07 Å². The van der Waals surface area contributed by atoms with Gasteiger partial charge < -0.3 is 10.2 Å². The molecule has 1 aliphatic carbocycles. The third-order valence-corrected chi connectivity index (χ3v) is 5.23. The maximum absolute atomic E-state index is 12.3. The fourth-order valence-electron chi connectivity index (χ4n) is 3.41. The van der Waals surface area contributed by atoms with Crippen molar-refractivity contribution in [1.29, 1.82) is 0 Å². The molecule has 0 spiro atoms. The number of amides is 1.